The summed E-state index contributed by atoms with van der Waals surface area (Å²) in [5.41, 5.74) is 2.44. The summed E-state index contributed by atoms with van der Waals surface area (Å²) >= 11 is 0. The van der Waals surface area contributed by atoms with Gasteiger partial charge >= 0.3 is 0 Å². The van der Waals surface area contributed by atoms with E-state index in [-0.39, 0.29) is 11.9 Å². The largest absolute Gasteiger partial charge is 0.371 e. The van der Waals surface area contributed by atoms with E-state index in [1.165, 1.54) is 30.4 Å². The van der Waals surface area contributed by atoms with Crippen molar-refractivity contribution < 1.29 is 4.79 Å². The fourth-order valence-electron chi connectivity index (χ4n) is 3.09. The van der Waals surface area contributed by atoms with Gasteiger partial charge in [-0.05, 0) is 31.4 Å². The highest BCUT2D eigenvalue weighted by molar-refractivity contribution is 5.79. The molecule has 3 rings (SSSR count). The molecule has 1 atom stereocenters. The van der Waals surface area contributed by atoms with E-state index in [2.05, 4.69) is 33.2 Å². The Kier molecular flexibility index (Phi) is 4.60. The number of benzene rings is 1. The summed E-state index contributed by atoms with van der Waals surface area (Å²) in [4.78, 5) is 20.7. The number of anilines is 1. The lowest BCUT2D eigenvalue weighted by atomic mass is 10.1. The van der Waals surface area contributed by atoms with Gasteiger partial charge in [-0.2, -0.15) is 5.10 Å². The normalized spacial score (nSPS) is 15.7. The number of amides is 1. The van der Waals surface area contributed by atoms with Crippen LogP contribution in [0.3, 0.4) is 0 Å². The average molecular weight is 313 g/mol. The van der Waals surface area contributed by atoms with Crippen LogP contribution in [0.1, 0.15) is 31.4 Å². The van der Waals surface area contributed by atoms with Gasteiger partial charge < -0.3 is 9.80 Å². The maximum absolute atomic E-state index is 12.6. The van der Waals surface area contributed by atoms with Gasteiger partial charge in [-0.15, -0.1) is 0 Å². The molecule has 0 bridgehead atoms. The number of carbonyl (C=O) groups excluding carboxylic acids is 1. The molecule has 1 amide bonds. The van der Waals surface area contributed by atoms with Gasteiger partial charge in [0.15, 0.2) is 0 Å². The highest BCUT2D eigenvalue weighted by atomic mass is 16.2. The third-order valence-corrected chi connectivity index (χ3v) is 4.41. The number of nitrogens with zero attached hydrogens (tertiary/aromatic N) is 5. The first kappa shape index (κ1) is 15.5. The lowest BCUT2D eigenvalue weighted by Crippen LogP contribution is -2.33. The van der Waals surface area contributed by atoms with Crippen LogP contribution in [-0.4, -0.2) is 45.7 Å². The van der Waals surface area contributed by atoms with Crippen molar-refractivity contribution in [1.82, 2.24) is 19.7 Å². The number of aromatic nitrogens is 3. The summed E-state index contributed by atoms with van der Waals surface area (Å²) in [5.74, 6) is 0.0340. The molecule has 1 aromatic heterocycles. The van der Waals surface area contributed by atoms with E-state index in [0.717, 1.165) is 13.1 Å². The van der Waals surface area contributed by atoms with E-state index in [4.69, 9.17) is 0 Å². The van der Waals surface area contributed by atoms with Gasteiger partial charge in [0.25, 0.3) is 0 Å². The van der Waals surface area contributed by atoms with Crippen LogP contribution in [0, 0.1) is 0 Å². The lowest BCUT2D eigenvalue weighted by Gasteiger charge is -2.26. The van der Waals surface area contributed by atoms with Gasteiger partial charge in [-0.3, -0.25) is 4.79 Å². The molecule has 0 radical (unpaired) electrons. The van der Waals surface area contributed by atoms with Gasteiger partial charge in [0.05, 0.1) is 0 Å². The molecule has 0 N–H and O–H groups in total. The summed E-state index contributed by atoms with van der Waals surface area (Å²) < 4.78 is 1.59. The standard InChI is InChI=1S/C17H23N5O/c1-14(22-13-18-12-19-22)17(23)20(2)11-15-7-3-4-8-16(15)21-9-5-6-10-21/h3-4,7-8,12-14H,5-6,9-11H2,1-2H3/t14-/m1/s1. The highest BCUT2D eigenvalue weighted by Gasteiger charge is 2.22. The van der Waals surface area contributed by atoms with E-state index >= 15 is 0 Å². The smallest absolute Gasteiger partial charge is 0.247 e. The molecule has 0 unspecified atom stereocenters. The van der Waals surface area contributed by atoms with Gasteiger partial charge in [-0.1, -0.05) is 18.2 Å². The summed E-state index contributed by atoms with van der Waals surface area (Å²) in [5, 5.41) is 4.06. The van der Waals surface area contributed by atoms with Crippen molar-refractivity contribution in [3.05, 3.63) is 42.5 Å². The average Bonchev–Trinajstić information content (AvgIpc) is 3.27. The predicted octanol–water partition coefficient (Wildman–Crippen LogP) is 2.10. The molecule has 23 heavy (non-hydrogen) atoms. The number of carbonyl (C=O) groups is 1. The van der Waals surface area contributed by atoms with Gasteiger partial charge in [0, 0.05) is 32.4 Å². The van der Waals surface area contributed by atoms with Crippen molar-refractivity contribution >= 4 is 11.6 Å². The van der Waals surface area contributed by atoms with Crippen LogP contribution in [-0.2, 0) is 11.3 Å². The van der Waals surface area contributed by atoms with Crippen molar-refractivity contribution in [1.29, 1.82) is 0 Å². The van der Waals surface area contributed by atoms with Crippen LogP contribution < -0.4 is 4.90 Å². The molecule has 0 aliphatic carbocycles. The van der Waals surface area contributed by atoms with Crippen molar-refractivity contribution in [2.45, 2.75) is 32.4 Å². The molecule has 2 aromatic rings. The van der Waals surface area contributed by atoms with Crippen molar-refractivity contribution in [3.8, 4) is 0 Å². The van der Waals surface area contributed by atoms with Crippen LogP contribution in [0.2, 0.25) is 0 Å². The first-order valence-electron chi connectivity index (χ1n) is 8.09. The maximum Gasteiger partial charge on any atom is 0.247 e. The summed E-state index contributed by atoms with van der Waals surface area (Å²) in [6.45, 7) is 4.65. The molecule has 2 heterocycles. The number of rotatable bonds is 5. The fourth-order valence-corrected chi connectivity index (χ4v) is 3.09. The zero-order chi connectivity index (χ0) is 16.2. The van der Waals surface area contributed by atoms with Crippen LogP contribution >= 0.6 is 0 Å². The quantitative estimate of drug-likeness (QED) is 0.848. The maximum atomic E-state index is 12.6. The zero-order valence-electron chi connectivity index (χ0n) is 13.7. The predicted molar refractivity (Wildman–Crippen MR) is 89.1 cm³/mol. The minimum absolute atomic E-state index is 0.0340. The van der Waals surface area contributed by atoms with E-state index in [1.54, 1.807) is 15.9 Å². The Balaban J connectivity index is 1.72. The molecule has 1 aliphatic rings. The summed E-state index contributed by atoms with van der Waals surface area (Å²) in [6.07, 6.45) is 5.51. The summed E-state index contributed by atoms with van der Waals surface area (Å²) in [7, 11) is 1.84. The molecule has 0 spiro atoms. The van der Waals surface area contributed by atoms with Gasteiger partial charge in [-0.25, -0.2) is 9.67 Å². The van der Waals surface area contributed by atoms with Crippen molar-refractivity contribution in [2.24, 2.45) is 0 Å². The molecule has 0 saturated carbocycles. The third-order valence-electron chi connectivity index (χ3n) is 4.41. The monoisotopic (exact) mass is 313 g/mol. The first-order valence-corrected chi connectivity index (χ1v) is 8.09. The van der Waals surface area contributed by atoms with Gasteiger partial charge in [0.2, 0.25) is 5.91 Å². The van der Waals surface area contributed by atoms with E-state index in [0.29, 0.717) is 6.54 Å². The van der Waals surface area contributed by atoms with Crippen molar-refractivity contribution in [3.63, 3.8) is 0 Å². The van der Waals surface area contributed by atoms with Crippen LogP contribution in [0.5, 0.6) is 0 Å². The van der Waals surface area contributed by atoms with Crippen LogP contribution in [0.25, 0.3) is 0 Å². The molecule has 122 valence electrons. The minimum atomic E-state index is -0.346. The molecule has 6 nitrogen and oxygen atoms in total. The number of likely N-dealkylation sites (N-methyl/N-ethyl adjacent to an activating group) is 1. The summed E-state index contributed by atoms with van der Waals surface area (Å²) in [6, 6.07) is 8.02. The lowest BCUT2D eigenvalue weighted by molar-refractivity contribution is -0.133. The molecule has 1 aliphatic heterocycles. The molecule has 1 aromatic carbocycles. The number of para-hydroxylation sites is 1. The Morgan fingerprint density at radius 1 is 1.30 bits per heavy atom. The second kappa shape index (κ2) is 6.81. The molecule has 6 heteroatoms. The Morgan fingerprint density at radius 2 is 2.04 bits per heavy atom. The van der Waals surface area contributed by atoms with E-state index in [9.17, 15) is 4.79 Å². The van der Waals surface area contributed by atoms with E-state index < -0.39 is 0 Å². The van der Waals surface area contributed by atoms with Gasteiger partial charge in [0.1, 0.15) is 18.7 Å². The Labute approximate surface area is 136 Å². The Morgan fingerprint density at radius 3 is 2.74 bits per heavy atom. The SMILES string of the molecule is C[C@H](C(=O)N(C)Cc1ccccc1N1CCCC1)n1cncn1. The number of hydrogen-bond acceptors (Lipinski definition) is 4. The zero-order valence-corrected chi connectivity index (χ0v) is 13.7. The molecular weight excluding hydrogens is 290 g/mol. The van der Waals surface area contributed by atoms with Crippen molar-refractivity contribution in [2.75, 3.05) is 25.0 Å². The number of hydrogen-bond donors (Lipinski definition) is 0. The first-order chi connectivity index (χ1) is 11.2. The molecule has 1 fully saturated rings. The third kappa shape index (κ3) is 3.36. The van der Waals surface area contributed by atoms with E-state index in [1.807, 2.05) is 20.0 Å². The highest BCUT2D eigenvalue weighted by Crippen LogP contribution is 2.25. The second-order valence-corrected chi connectivity index (χ2v) is 6.07. The molecule has 1 saturated heterocycles. The molecular formula is C17H23N5O. The van der Waals surface area contributed by atoms with Crippen LogP contribution in [0.15, 0.2) is 36.9 Å². The minimum Gasteiger partial charge on any atom is -0.371 e. The second-order valence-electron chi connectivity index (χ2n) is 6.07. The Bertz CT molecular complexity index is 649. The fraction of sp³-hybridized carbons (Fsp3) is 0.471. The Hall–Kier alpha value is -2.37. The van der Waals surface area contributed by atoms with Crippen LogP contribution in [0.4, 0.5) is 5.69 Å². The topological polar surface area (TPSA) is 54.3 Å².